The van der Waals surface area contributed by atoms with Crippen LogP contribution in [-0.2, 0) is 0 Å². The highest BCUT2D eigenvalue weighted by Gasteiger charge is 2.17. The first-order valence-corrected chi connectivity index (χ1v) is 16.0. The molecule has 0 bridgehead atoms. The molecule has 0 radical (unpaired) electrons. The summed E-state index contributed by atoms with van der Waals surface area (Å²) in [7, 11) is 0. The molecule has 1 N–H and O–H groups in total. The van der Waals surface area contributed by atoms with Gasteiger partial charge in [-0.05, 0) is 25.0 Å². The van der Waals surface area contributed by atoms with Gasteiger partial charge < -0.3 is 10.0 Å². The molecule has 1 unspecified atom stereocenters. The van der Waals surface area contributed by atoms with Gasteiger partial charge in [0, 0.05) is 24.6 Å². The van der Waals surface area contributed by atoms with Gasteiger partial charge >= 0.3 is 0 Å². The van der Waals surface area contributed by atoms with Gasteiger partial charge in [0.2, 0.25) is 0 Å². The van der Waals surface area contributed by atoms with E-state index in [-0.39, 0.29) is 5.24 Å². The zero-order chi connectivity index (χ0) is 24.4. The van der Waals surface area contributed by atoms with Crippen LogP contribution in [0.3, 0.4) is 0 Å². The van der Waals surface area contributed by atoms with Crippen LogP contribution in [0.4, 0.5) is 4.79 Å². The van der Waals surface area contributed by atoms with Crippen molar-refractivity contribution in [3.8, 4) is 0 Å². The van der Waals surface area contributed by atoms with E-state index in [0.717, 1.165) is 35.8 Å². The van der Waals surface area contributed by atoms with Gasteiger partial charge in [-0.3, -0.25) is 4.79 Å². The highest BCUT2D eigenvalue weighted by atomic mass is 32.2. The maximum absolute atomic E-state index is 12.9. The normalized spacial score (nSPS) is 12.3. The second-order valence-electron chi connectivity index (χ2n) is 9.01. The van der Waals surface area contributed by atoms with Crippen LogP contribution in [-0.4, -0.2) is 50.9 Å². The Labute approximate surface area is 219 Å². The first-order valence-electron chi connectivity index (χ1n) is 13.2. The highest BCUT2D eigenvalue weighted by molar-refractivity contribution is 8.13. The molecule has 0 aliphatic heterocycles. The van der Waals surface area contributed by atoms with Gasteiger partial charge in [0.25, 0.3) is 5.24 Å². The predicted octanol–water partition coefficient (Wildman–Crippen LogP) is 8.63. The lowest BCUT2D eigenvalue weighted by atomic mass is 10.1. The number of thioether (sulfide) groups is 2. The number of carbonyl (C=O) groups is 1. The number of aliphatic hydroxyl groups excluding tert-OH is 1. The number of carbonyl (C=O) groups excluding carboxylic acids is 1. The van der Waals surface area contributed by atoms with Gasteiger partial charge in [-0.2, -0.15) is 0 Å². The number of nitrogens with zero attached hydrogens (tertiary/aromatic N) is 2. The first kappa shape index (κ1) is 29.5. The number of thiazole rings is 1. The van der Waals surface area contributed by atoms with Gasteiger partial charge in [0.15, 0.2) is 4.34 Å². The largest absolute Gasteiger partial charge is 0.391 e. The number of hydrogen-bond donors (Lipinski definition) is 1. The molecule has 0 saturated heterocycles. The number of hydrogen-bond acceptors (Lipinski definition) is 6. The topological polar surface area (TPSA) is 53.4 Å². The van der Waals surface area contributed by atoms with E-state index in [2.05, 4.69) is 24.9 Å². The molecule has 1 atom stereocenters. The molecule has 34 heavy (non-hydrogen) atoms. The van der Waals surface area contributed by atoms with Crippen molar-refractivity contribution in [3.63, 3.8) is 0 Å². The lowest BCUT2D eigenvalue weighted by molar-refractivity contribution is 0.216. The van der Waals surface area contributed by atoms with E-state index < -0.39 is 6.10 Å². The Morgan fingerprint density at radius 2 is 1.50 bits per heavy atom. The molecule has 0 aliphatic carbocycles. The number of unbranched alkanes of at least 4 members (excludes halogenated alkanes) is 10. The van der Waals surface area contributed by atoms with Gasteiger partial charge in [0.05, 0.1) is 16.3 Å². The molecule has 2 aromatic rings. The van der Waals surface area contributed by atoms with E-state index in [0.29, 0.717) is 11.5 Å². The summed E-state index contributed by atoms with van der Waals surface area (Å²) in [6.07, 6.45) is 14.3. The fourth-order valence-corrected chi connectivity index (χ4v) is 6.84. The fraction of sp³-hybridized carbons (Fsp3) is 0.704. The number of fused-ring (bicyclic) bond motifs is 1. The molecule has 0 saturated carbocycles. The lowest BCUT2D eigenvalue weighted by Crippen LogP contribution is -2.31. The molecular formula is C27H44N2O2S3. The number of para-hydroxylation sites is 1. The first-order chi connectivity index (χ1) is 16.6. The Balaban J connectivity index is 1.71. The van der Waals surface area contributed by atoms with Crippen LogP contribution in [0.15, 0.2) is 28.6 Å². The van der Waals surface area contributed by atoms with E-state index in [9.17, 15) is 9.90 Å². The number of benzene rings is 1. The van der Waals surface area contributed by atoms with Crippen LogP contribution in [0.2, 0.25) is 0 Å². The molecule has 192 valence electrons. The van der Waals surface area contributed by atoms with Crippen molar-refractivity contribution >= 4 is 50.3 Å². The van der Waals surface area contributed by atoms with Gasteiger partial charge in [-0.15, -0.1) is 11.3 Å². The maximum Gasteiger partial charge on any atom is 0.281 e. The molecule has 2 rings (SSSR count). The molecule has 7 heteroatoms. The smallest absolute Gasteiger partial charge is 0.281 e. The second-order valence-corrected chi connectivity index (χ2v) is 12.3. The third kappa shape index (κ3) is 12.3. The molecule has 0 fully saturated rings. The summed E-state index contributed by atoms with van der Waals surface area (Å²) in [5.74, 6) is 1.01. The standard InChI is InChI=1S/C27H44N2O2S3/c1-3-5-7-9-11-15-19-29(20-16-12-10-8-6-4-2)27(31)33-22-23(30)21-32-26-28-24-17-13-14-18-25(24)34-26/h13-14,17-18,23,30H,3-12,15-16,19-22H2,1-2H3. The van der Waals surface area contributed by atoms with Crippen molar-refractivity contribution in [2.24, 2.45) is 0 Å². The Bertz CT molecular complexity index is 750. The van der Waals surface area contributed by atoms with Crippen molar-refractivity contribution in [1.29, 1.82) is 0 Å². The monoisotopic (exact) mass is 524 g/mol. The minimum absolute atomic E-state index is 0.131. The van der Waals surface area contributed by atoms with Crippen LogP contribution < -0.4 is 0 Å². The molecule has 1 aromatic heterocycles. The predicted molar refractivity (Wildman–Crippen MR) is 153 cm³/mol. The van der Waals surface area contributed by atoms with Crippen molar-refractivity contribution < 1.29 is 9.90 Å². The zero-order valence-corrected chi connectivity index (χ0v) is 23.6. The minimum Gasteiger partial charge on any atom is -0.391 e. The fourth-order valence-electron chi connectivity index (χ4n) is 3.85. The summed E-state index contributed by atoms with van der Waals surface area (Å²) in [6, 6.07) is 8.11. The number of aliphatic hydroxyl groups is 1. The van der Waals surface area contributed by atoms with Gasteiger partial charge in [0.1, 0.15) is 0 Å². The maximum atomic E-state index is 12.9. The zero-order valence-electron chi connectivity index (χ0n) is 21.2. The Hall–Kier alpha value is -0.760. The van der Waals surface area contributed by atoms with E-state index in [1.165, 1.54) is 80.7 Å². The second kappa shape index (κ2) is 18.5. The average molecular weight is 525 g/mol. The van der Waals surface area contributed by atoms with Crippen molar-refractivity contribution in [2.75, 3.05) is 24.6 Å². The van der Waals surface area contributed by atoms with E-state index in [1.54, 1.807) is 23.1 Å². The molecule has 1 amide bonds. The van der Waals surface area contributed by atoms with Crippen molar-refractivity contribution in [3.05, 3.63) is 24.3 Å². The Kier molecular flexibility index (Phi) is 16.0. The summed E-state index contributed by atoms with van der Waals surface area (Å²) in [4.78, 5) is 19.6. The van der Waals surface area contributed by atoms with Gasteiger partial charge in [-0.25, -0.2) is 4.98 Å². The summed E-state index contributed by atoms with van der Waals surface area (Å²) in [6.45, 7) is 6.18. The quantitative estimate of drug-likeness (QED) is 0.147. The number of rotatable bonds is 19. The molecule has 0 spiro atoms. The van der Waals surface area contributed by atoms with Crippen LogP contribution in [0.25, 0.3) is 10.2 Å². The van der Waals surface area contributed by atoms with E-state index in [1.807, 2.05) is 23.1 Å². The Morgan fingerprint density at radius 1 is 0.912 bits per heavy atom. The average Bonchev–Trinajstić information content (AvgIpc) is 3.27. The third-order valence-corrected chi connectivity index (χ3v) is 9.27. The van der Waals surface area contributed by atoms with Gasteiger partial charge in [-0.1, -0.05) is 114 Å². The van der Waals surface area contributed by atoms with Crippen molar-refractivity contribution in [1.82, 2.24) is 9.88 Å². The lowest BCUT2D eigenvalue weighted by Gasteiger charge is -2.23. The van der Waals surface area contributed by atoms with E-state index >= 15 is 0 Å². The molecule has 0 aliphatic rings. The van der Waals surface area contributed by atoms with E-state index in [4.69, 9.17) is 0 Å². The Morgan fingerprint density at radius 3 is 2.12 bits per heavy atom. The molecule has 1 heterocycles. The minimum atomic E-state index is -0.518. The SMILES string of the molecule is CCCCCCCCN(CCCCCCCC)C(=O)SCC(O)CSc1nc2ccccc2s1. The van der Waals surface area contributed by atoms with Crippen LogP contribution >= 0.6 is 34.9 Å². The van der Waals surface area contributed by atoms with Crippen LogP contribution in [0, 0.1) is 0 Å². The summed E-state index contributed by atoms with van der Waals surface area (Å²) in [5.41, 5.74) is 1.01. The number of aromatic nitrogens is 1. The summed E-state index contributed by atoms with van der Waals surface area (Å²) < 4.78 is 2.15. The highest BCUT2D eigenvalue weighted by Crippen LogP contribution is 2.30. The van der Waals surface area contributed by atoms with Crippen LogP contribution in [0.5, 0.6) is 0 Å². The molecule has 1 aromatic carbocycles. The third-order valence-electron chi connectivity index (χ3n) is 5.89. The number of amides is 1. The van der Waals surface area contributed by atoms with Crippen LogP contribution in [0.1, 0.15) is 90.9 Å². The van der Waals surface area contributed by atoms with Crippen molar-refractivity contribution in [2.45, 2.75) is 101 Å². The molecular weight excluding hydrogens is 481 g/mol. The summed E-state index contributed by atoms with van der Waals surface area (Å²) >= 11 is 4.52. The molecule has 4 nitrogen and oxygen atoms in total. The summed E-state index contributed by atoms with van der Waals surface area (Å²) in [5, 5.41) is 10.6.